The van der Waals surface area contributed by atoms with E-state index in [2.05, 4.69) is 42.9 Å². The van der Waals surface area contributed by atoms with Crippen LogP contribution in [0.1, 0.15) is 20.8 Å². The van der Waals surface area contributed by atoms with Gasteiger partial charge in [0, 0.05) is 44.3 Å². The average molecular weight is 229 g/mol. The summed E-state index contributed by atoms with van der Waals surface area (Å²) in [5, 5.41) is 12.7. The molecule has 0 bridgehead atoms. The zero-order chi connectivity index (χ0) is 12.1. The summed E-state index contributed by atoms with van der Waals surface area (Å²) in [6, 6.07) is 1.22. The standard InChI is InChI=1S/C12H27N3O/c1-10(2)13-12(9-16)8-15-6-5-14(4)7-11(15)3/h10-13,16H,5-9H2,1-4H3. The van der Waals surface area contributed by atoms with E-state index in [4.69, 9.17) is 0 Å². The molecule has 2 N–H and O–H groups in total. The average Bonchev–Trinajstić information content (AvgIpc) is 2.20. The SMILES string of the molecule is CC(C)NC(CO)CN1CCN(C)CC1C. The van der Waals surface area contributed by atoms with Crippen molar-refractivity contribution in [1.82, 2.24) is 15.1 Å². The van der Waals surface area contributed by atoms with Crippen molar-refractivity contribution in [3.05, 3.63) is 0 Å². The maximum absolute atomic E-state index is 9.34. The van der Waals surface area contributed by atoms with E-state index in [9.17, 15) is 5.11 Å². The van der Waals surface area contributed by atoms with Gasteiger partial charge in [-0.05, 0) is 14.0 Å². The van der Waals surface area contributed by atoms with E-state index >= 15 is 0 Å². The van der Waals surface area contributed by atoms with E-state index in [-0.39, 0.29) is 12.6 Å². The molecule has 0 aromatic heterocycles. The molecule has 4 heteroatoms. The molecule has 96 valence electrons. The second-order valence-electron chi connectivity index (χ2n) is 5.31. The van der Waals surface area contributed by atoms with E-state index in [0.29, 0.717) is 12.1 Å². The Morgan fingerprint density at radius 1 is 1.38 bits per heavy atom. The Morgan fingerprint density at radius 2 is 2.06 bits per heavy atom. The fourth-order valence-corrected chi connectivity index (χ4v) is 2.37. The fourth-order valence-electron chi connectivity index (χ4n) is 2.37. The van der Waals surface area contributed by atoms with E-state index in [1.54, 1.807) is 0 Å². The number of piperazine rings is 1. The van der Waals surface area contributed by atoms with Crippen molar-refractivity contribution < 1.29 is 5.11 Å². The molecule has 1 heterocycles. The Hall–Kier alpha value is -0.160. The number of rotatable bonds is 5. The number of aliphatic hydroxyl groups excluding tert-OH is 1. The Labute approximate surface area is 99.6 Å². The summed E-state index contributed by atoms with van der Waals surface area (Å²) in [4.78, 5) is 4.83. The lowest BCUT2D eigenvalue weighted by molar-refractivity contribution is 0.0786. The molecule has 2 atom stereocenters. The largest absolute Gasteiger partial charge is 0.395 e. The minimum Gasteiger partial charge on any atom is -0.395 e. The van der Waals surface area contributed by atoms with Crippen LogP contribution in [0, 0.1) is 0 Å². The van der Waals surface area contributed by atoms with Crippen molar-refractivity contribution in [2.75, 3.05) is 39.8 Å². The van der Waals surface area contributed by atoms with Gasteiger partial charge in [-0.15, -0.1) is 0 Å². The second kappa shape index (κ2) is 6.55. The van der Waals surface area contributed by atoms with Gasteiger partial charge in [0.1, 0.15) is 0 Å². The monoisotopic (exact) mass is 229 g/mol. The van der Waals surface area contributed by atoms with Crippen LogP contribution in [0.25, 0.3) is 0 Å². The van der Waals surface area contributed by atoms with E-state index in [0.717, 1.165) is 26.2 Å². The number of likely N-dealkylation sites (N-methyl/N-ethyl adjacent to an activating group) is 1. The lowest BCUT2D eigenvalue weighted by atomic mass is 10.1. The first-order valence-corrected chi connectivity index (χ1v) is 6.32. The number of aliphatic hydroxyl groups is 1. The van der Waals surface area contributed by atoms with Crippen molar-refractivity contribution in [3.63, 3.8) is 0 Å². The summed E-state index contributed by atoms with van der Waals surface area (Å²) in [7, 11) is 2.17. The van der Waals surface area contributed by atoms with Crippen molar-refractivity contribution >= 4 is 0 Å². The molecule has 0 saturated carbocycles. The number of hydrogen-bond donors (Lipinski definition) is 2. The topological polar surface area (TPSA) is 38.7 Å². The minimum atomic E-state index is 0.200. The predicted molar refractivity (Wildman–Crippen MR) is 67.7 cm³/mol. The number of nitrogens with zero attached hydrogens (tertiary/aromatic N) is 2. The molecule has 0 aliphatic carbocycles. The van der Waals surface area contributed by atoms with E-state index < -0.39 is 0 Å². The molecule has 0 aromatic carbocycles. The molecule has 1 aliphatic rings. The van der Waals surface area contributed by atoms with Crippen LogP contribution in [0.15, 0.2) is 0 Å². The van der Waals surface area contributed by atoms with Gasteiger partial charge in [-0.1, -0.05) is 13.8 Å². The van der Waals surface area contributed by atoms with E-state index in [1.165, 1.54) is 0 Å². The van der Waals surface area contributed by atoms with Gasteiger partial charge >= 0.3 is 0 Å². The zero-order valence-corrected chi connectivity index (χ0v) is 11.1. The predicted octanol–water partition coefficient (Wildman–Crippen LogP) is -0.0188. The van der Waals surface area contributed by atoms with Crippen LogP contribution >= 0.6 is 0 Å². The number of nitrogens with one attached hydrogen (secondary N) is 1. The third kappa shape index (κ3) is 4.37. The molecule has 1 fully saturated rings. The first kappa shape index (κ1) is 13.9. The highest BCUT2D eigenvalue weighted by atomic mass is 16.3. The minimum absolute atomic E-state index is 0.200. The summed E-state index contributed by atoms with van der Waals surface area (Å²) in [6.07, 6.45) is 0. The lowest BCUT2D eigenvalue weighted by Gasteiger charge is -2.40. The summed E-state index contributed by atoms with van der Waals surface area (Å²) >= 11 is 0. The molecule has 0 radical (unpaired) electrons. The molecule has 16 heavy (non-hydrogen) atoms. The van der Waals surface area contributed by atoms with Gasteiger partial charge in [-0.2, -0.15) is 0 Å². The van der Waals surface area contributed by atoms with Gasteiger partial charge in [-0.3, -0.25) is 4.90 Å². The van der Waals surface area contributed by atoms with Crippen LogP contribution in [0.4, 0.5) is 0 Å². The molecule has 0 aromatic rings. The van der Waals surface area contributed by atoms with E-state index in [1.807, 2.05) is 0 Å². The Bertz CT molecular complexity index is 199. The maximum atomic E-state index is 9.34. The normalized spacial score (nSPS) is 26.2. The van der Waals surface area contributed by atoms with Crippen molar-refractivity contribution in [2.45, 2.75) is 38.9 Å². The van der Waals surface area contributed by atoms with Gasteiger partial charge in [0.2, 0.25) is 0 Å². The van der Waals surface area contributed by atoms with Crippen molar-refractivity contribution in [3.8, 4) is 0 Å². The van der Waals surface area contributed by atoms with Gasteiger partial charge in [0.25, 0.3) is 0 Å². The third-order valence-electron chi connectivity index (χ3n) is 3.21. The van der Waals surface area contributed by atoms with Crippen LogP contribution in [0.3, 0.4) is 0 Å². The highest BCUT2D eigenvalue weighted by Gasteiger charge is 2.23. The van der Waals surface area contributed by atoms with Gasteiger partial charge in [0.15, 0.2) is 0 Å². The van der Waals surface area contributed by atoms with Gasteiger partial charge < -0.3 is 15.3 Å². The lowest BCUT2D eigenvalue weighted by Crippen LogP contribution is -2.55. The maximum Gasteiger partial charge on any atom is 0.0597 e. The molecule has 1 aliphatic heterocycles. The molecule has 2 unspecified atom stereocenters. The molecular formula is C12H27N3O. The van der Waals surface area contributed by atoms with Crippen molar-refractivity contribution in [1.29, 1.82) is 0 Å². The van der Waals surface area contributed by atoms with Gasteiger partial charge in [0.05, 0.1) is 6.61 Å². The smallest absolute Gasteiger partial charge is 0.0597 e. The second-order valence-corrected chi connectivity index (χ2v) is 5.31. The quantitative estimate of drug-likeness (QED) is 0.695. The molecule has 1 saturated heterocycles. The summed E-state index contributed by atoms with van der Waals surface area (Å²) in [5.74, 6) is 0. The highest BCUT2D eigenvalue weighted by molar-refractivity contribution is 4.81. The summed E-state index contributed by atoms with van der Waals surface area (Å²) < 4.78 is 0. The molecule has 0 amide bonds. The first-order valence-electron chi connectivity index (χ1n) is 6.32. The molecular weight excluding hydrogens is 202 g/mol. The van der Waals surface area contributed by atoms with Crippen LogP contribution in [0.5, 0.6) is 0 Å². The summed E-state index contributed by atoms with van der Waals surface area (Å²) in [6.45, 7) is 11.0. The van der Waals surface area contributed by atoms with Gasteiger partial charge in [-0.25, -0.2) is 0 Å². The first-order chi connectivity index (χ1) is 7.52. The number of hydrogen-bond acceptors (Lipinski definition) is 4. The molecule has 0 spiro atoms. The van der Waals surface area contributed by atoms with Crippen LogP contribution in [0.2, 0.25) is 0 Å². The summed E-state index contributed by atoms with van der Waals surface area (Å²) in [5.41, 5.74) is 0. The van der Waals surface area contributed by atoms with Crippen LogP contribution in [-0.2, 0) is 0 Å². The Morgan fingerprint density at radius 3 is 2.56 bits per heavy atom. The Kier molecular flexibility index (Phi) is 5.69. The zero-order valence-electron chi connectivity index (χ0n) is 11.1. The molecule has 1 rings (SSSR count). The van der Waals surface area contributed by atoms with Crippen molar-refractivity contribution in [2.24, 2.45) is 0 Å². The fraction of sp³-hybridized carbons (Fsp3) is 1.00. The van der Waals surface area contributed by atoms with Crippen LogP contribution < -0.4 is 5.32 Å². The molecule has 4 nitrogen and oxygen atoms in total. The third-order valence-corrected chi connectivity index (χ3v) is 3.21. The van der Waals surface area contributed by atoms with Crippen LogP contribution in [-0.4, -0.2) is 72.9 Å². The highest BCUT2D eigenvalue weighted by Crippen LogP contribution is 2.08. The Balaban J connectivity index is 2.39.